The SMILES string of the molecule is O=C(CCSc1ccc(F)cc1)NCC1(c2cccc(Br)c2)CCOCC1. The summed E-state index contributed by atoms with van der Waals surface area (Å²) < 4.78 is 19.5. The molecule has 1 amide bonds. The molecule has 0 radical (unpaired) electrons. The predicted octanol–water partition coefficient (Wildman–Crippen LogP) is 4.94. The summed E-state index contributed by atoms with van der Waals surface area (Å²) in [6.45, 7) is 2.04. The Bertz CT molecular complexity index is 763. The van der Waals surface area contributed by atoms with Gasteiger partial charge in [-0.15, -0.1) is 11.8 Å². The summed E-state index contributed by atoms with van der Waals surface area (Å²) in [5.74, 6) is 0.474. The van der Waals surface area contributed by atoms with E-state index in [4.69, 9.17) is 4.74 Å². The minimum atomic E-state index is -0.244. The molecule has 1 N–H and O–H groups in total. The Morgan fingerprint density at radius 2 is 1.93 bits per heavy atom. The van der Waals surface area contributed by atoms with E-state index < -0.39 is 0 Å². The molecule has 6 heteroatoms. The zero-order chi connectivity index (χ0) is 19.1. The number of carbonyl (C=O) groups excluding carboxylic acids is 1. The number of amides is 1. The molecule has 0 bridgehead atoms. The highest BCUT2D eigenvalue weighted by atomic mass is 79.9. The van der Waals surface area contributed by atoms with Gasteiger partial charge in [0.05, 0.1) is 0 Å². The molecule has 0 saturated carbocycles. The Balaban J connectivity index is 1.54. The maximum absolute atomic E-state index is 12.9. The molecule has 1 fully saturated rings. The first-order valence-electron chi connectivity index (χ1n) is 9.06. The van der Waals surface area contributed by atoms with Crippen LogP contribution in [0.1, 0.15) is 24.8 Å². The monoisotopic (exact) mass is 451 g/mol. The quantitative estimate of drug-likeness (QED) is 0.606. The van der Waals surface area contributed by atoms with E-state index in [1.807, 2.05) is 12.1 Å². The Morgan fingerprint density at radius 1 is 1.19 bits per heavy atom. The van der Waals surface area contributed by atoms with Crippen LogP contribution in [0.2, 0.25) is 0 Å². The Hall–Kier alpha value is -1.37. The van der Waals surface area contributed by atoms with Gasteiger partial charge in [0, 0.05) is 46.7 Å². The molecular weight excluding hydrogens is 429 g/mol. The van der Waals surface area contributed by atoms with E-state index >= 15 is 0 Å². The Labute approximate surface area is 172 Å². The van der Waals surface area contributed by atoms with Crippen molar-refractivity contribution in [3.63, 3.8) is 0 Å². The number of halogens is 2. The average molecular weight is 452 g/mol. The van der Waals surface area contributed by atoms with Crippen LogP contribution in [0, 0.1) is 5.82 Å². The smallest absolute Gasteiger partial charge is 0.220 e. The van der Waals surface area contributed by atoms with Gasteiger partial charge in [0.15, 0.2) is 0 Å². The van der Waals surface area contributed by atoms with Crippen molar-refractivity contribution in [1.29, 1.82) is 0 Å². The van der Waals surface area contributed by atoms with Crippen molar-refractivity contribution < 1.29 is 13.9 Å². The van der Waals surface area contributed by atoms with Crippen molar-refractivity contribution in [3.8, 4) is 0 Å². The predicted molar refractivity (Wildman–Crippen MR) is 111 cm³/mol. The lowest BCUT2D eigenvalue weighted by Gasteiger charge is -2.38. The van der Waals surface area contributed by atoms with E-state index in [9.17, 15) is 9.18 Å². The highest BCUT2D eigenvalue weighted by Gasteiger charge is 2.34. The van der Waals surface area contributed by atoms with Crippen molar-refractivity contribution in [3.05, 3.63) is 64.4 Å². The molecule has 1 saturated heterocycles. The van der Waals surface area contributed by atoms with Gasteiger partial charge >= 0.3 is 0 Å². The molecule has 2 aromatic carbocycles. The molecule has 0 aromatic heterocycles. The fraction of sp³-hybridized carbons (Fsp3) is 0.381. The molecule has 27 heavy (non-hydrogen) atoms. The fourth-order valence-corrected chi connectivity index (χ4v) is 4.55. The van der Waals surface area contributed by atoms with Crippen LogP contribution < -0.4 is 5.32 Å². The summed E-state index contributed by atoms with van der Waals surface area (Å²) in [5.41, 5.74) is 1.16. The van der Waals surface area contributed by atoms with Crippen LogP contribution in [0.25, 0.3) is 0 Å². The summed E-state index contributed by atoms with van der Waals surface area (Å²) in [5, 5.41) is 3.12. The number of rotatable bonds is 7. The van der Waals surface area contributed by atoms with Gasteiger partial charge in [-0.2, -0.15) is 0 Å². The van der Waals surface area contributed by atoms with Crippen LogP contribution in [-0.4, -0.2) is 31.4 Å². The van der Waals surface area contributed by atoms with Crippen LogP contribution in [0.15, 0.2) is 57.9 Å². The first-order chi connectivity index (χ1) is 13.1. The topological polar surface area (TPSA) is 38.3 Å². The van der Waals surface area contributed by atoms with Gasteiger partial charge in [-0.1, -0.05) is 28.1 Å². The maximum Gasteiger partial charge on any atom is 0.220 e. The van der Waals surface area contributed by atoms with Crippen molar-refractivity contribution >= 4 is 33.6 Å². The third-order valence-electron chi connectivity index (χ3n) is 4.92. The number of hydrogen-bond acceptors (Lipinski definition) is 3. The molecule has 1 aliphatic rings. The third kappa shape index (κ3) is 5.80. The molecule has 3 nitrogen and oxygen atoms in total. The lowest BCUT2D eigenvalue weighted by molar-refractivity contribution is -0.121. The van der Waals surface area contributed by atoms with Crippen LogP contribution in [-0.2, 0) is 14.9 Å². The van der Waals surface area contributed by atoms with Crippen molar-refractivity contribution in [2.24, 2.45) is 0 Å². The summed E-state index contributed by atoms with van der Waals surface area (Å²) in [6, 6.07) is 14.7. The third-order valence-corrected chi connectivity index (χ3v) is 6.43. The van der Waals surface area contributed by atoms with Gasteiger partial charge < -0.3 is 10.1 Å². The van der Waals surface area contributed by atoms with E-state index in [-0.39, 0.29) is 17.1 Å². The van der Waals surface area contributed by atoms with Gasteiger partial charge in [-0.05, 0) is 54.8 Å². The van der Waals surface area contributed by atoms with Gasteiger partial charge in [0.1, 0.15) is 5.82 Å². The Morgan fingerprint density at radius 3 is 2.63 bits per heavy atom. The fourth-order valence-electron chi connectivity index (χ4n) is 3.30. The second-order valence-electron chi connectivity index (χ2n) is 6.73. The number of hydrogen-bond donors (Lipinski definition) is 1. The second-order valence-corrected chi connectivity index (χ2v) is 8.82. The van der Waals surface area contributed by atoms with E-state index in [0.717, 1.165) is 22.2 Å². The lowest BCUT2D eigenvalue weighted by atomic mass is 9.74. The number of ether oxygens (including phenoxy) is 1. The molecule has 3 rings (SSSR count). The molecule has 1 aliphatic heterocycles. The summed E-state index contributed by atoms with van der Waals surface area (Å²) in [6.07, 6.45) is 2.23. The highest BCUT2D eigenvalue weighted by Crippen LogP contribution is 2.35. The number of nitrogens with one attached hydrogen (secondary N) is 1. The zero-order valence-electron chi connectivity index (χ0n) is 15.0. The number of carbonyl (C=O) groups is 1. The van der Waals surface area contributed by atoms with Gasteiger partial charge in [0.2, 0.25) is 5.91 Å². The second kappa shape index (κ2) is 9.71. The first kappa shape index (κ1) is 20.4. The average Bonchev–Trinajstić information content (AvgIpc) is 2.69. The Kier molecular flexibility index (Phi) is 7.33. The van der Waals surface area contributed by atoms with Crippen LogP contribution in [0.3, 0.4) is 0 Å². The van der Waals surface area contributed by atoms with Crippen LogP contribution in [0.4, 0.5) is 4.39 Å². The minimum absolute atomic E-state index is 0.0467. The van der Waals surface area contributed by atoms with E-state index in [1.165, 1.54) is 17.7 Å². The van der Waals surface area contributed by atoms with Crippen molar-refractivity contribution in [2.45, 2.75) is 29.6 Å². The molecular formula is C21H23BrFNO2S. The minimum Gasteiger partial charge on any atom is -0.381 e. The number of thioether (sulfide) groups is 1. The van der Waals surface area contributed by atoms with Crippen molar-refractivity contribution in [1.82, 2.24) is 5.32 Å². The van der Waals surface area contributed by atoms with Crippen LogP contribution in [0.5, 0.6) is 0 Å². The van der Waals surface area contributed by atoms with E-state index in [1.54, 1.807) is 23.9 Å². The molecule has 0 spiro atoms. The molecule has 144 valence electrons. The van der Waals surface area contributed by atoms with Crippen LogP contribution >= 0.6 is 27.7 Å². The van der Waals surface area contributed by atoms with Gasteiger partial charge in [-0.3, -0.25) is 4.79 Å². The standard InChI is InChI=1S/C21H23BrFNO2S/c22-17-3-1-2-16(14-17)21(9-11-26-12-10-21)15-24-20(25)8-13-27-19-6-4-18(23)5-7-19/h1-7,14H,8-13,15H2,(H,24,25). The van der Waals surface area contributed by atoms with Gasteiger partial charge in [0.25, 0.3) is 0 Å². The number of benzene rings is 2. The first-order valence-corrected chi connectivity index (χ1v) is 10.8. The highest BCUT2D eigenvalue weighted by molar-refractivity contribution is 9.10. The van der Waals surface area contributed by atoms with Gasteiger partial charge in [-0.25, -0.2) is 4.39 Å². The maximum atomic E-state index is 12.9. The summed E-state index contributed by atoms with van der Waals surface area (Å²) >= 11 is 5.11. The van der Waals surface area contributed by atoms with E-state index in [2.05, 4.69) is 33.4 Å². The van der Waals surface area contributed by atoms with Crippen molar-refractivity contribution in [2.75, 3.05) is 25.5 Å². The lowest BCUT2D eigenvalue weighted by Crippen LogP contribution is -2.44. The molecule has 1 heterocycles. The molecule has 0 unspecified atom stereocenters. The molecule has 2 aromatic rings. The largest absolute Gasteiger partial charge is 0.381 e. The molecule has 0 atom stereocenters. The van der Waals surface area contributed by atoms with E-state index in [0.29, 0.717) is 31.9 Å². The summed E-state index contributed by atoms with van der Waals surface area (Å²) in [4.78, 5) is 13.3. The summed E-state index contributed by atoms with van der Waals surface area (Å²) in [7, 11) is 0. The zero-order valence-corrected chi connectivity index (χ0v) is 17.5. The molecule has 0 aliphatic carbocycles. The normalized spacial score (nSPS) is 16.1.